The molecule has 0 amide bonds. The van der Waals surface area contributed by atoms with Gasteiger partial charge in [0.2, 0.25) is 6.29 Å². The van der Waals surface area contributed by atoms with Crippen LogP contribution in [0.15, 0.2) is 48.3 Å². The Hall–Kier alpha value is -2.97. The van der Waals surface area contributed by atoms with Crippen LogP contribution in [0.5, 0.6) is 11.5 Å². The van der Waals surface area contributed by atoms with Crippen LogP contribution in [0.3, 0.4) is 0 Å². The number of aliphatic hydroxyl groups is 5. The summed E-state index contributed by atoms with van der Waals surface area (Å²) in [6, 6.07) is 4.57. The lowest BCUT2D eigenvalue weighted by molar-refractivity contribution is -0.339. The van der Waals surface area contributed by atoms with Crippen molar-refractivity contribution in [3.63, 3.8) is 0 Å². The summed E-state index contributed by atoms with van der Waals surface area (Å²) >= 11 is 0. The number of phenols is 1. The standard InChI is InChI=1S/C25H30O12/c1-33-17-8-12(2-4-15(17)27)3-5-19(29)35-11-13-9-16(28)14-6-7-34-24(20(13)14)37-25-23(32)22(31)21(30)18(10-26)36-25/h2-9,14,16,18,20-28,30-32H,10-11H2,1H3/t14-,16+,18+,20+,21+,22-,23+,24-,25-/m0/s1. The predicted molar refractivity (Wildman–Crippen MR) is 125 cm³/mol. The van der Waals surface area contributed by atoms with Gasteiger partial charge in [-0.05, 0) is 35.4 Å². The van der Waals surface area contributed by atoms with Crippen molar-refractivity contribution >= 4 is 12.0 Å². The Kier molecular flexibility index (Phi) is 8.49. The van der Waals surface area contributed by atoms with Gasteiger partial charge in [0.25, 0.3) is 0 Å². The lowest BCUT2D eigenvalue weighted by Gasteiger charge is -2.42. The van der Waals surface area contributed by atoms with Gasteiger partial charge in [-0.15, -0.1) is 0 Å². The van der Waals surface area contributed by atoms with Crippen molar-refractivity contribution in [3.05, 3.63) is 53.8 Å². The lowest BCUT2D eigenvalue weighted by atomic mass is 9.88. The van der Waals surface area contributed by atoms with Gasteiger partial charge in [-0.25, -0.2) is 4.79 Å². The van der Waals surface area contributed by atoms with Gasteiger partial charge >= 0.3 is 5.97 Å². The zero-order valence-corrected chi connectivity index (χ0v) is 19.9. The summed E-state index contributed by atoms with van der Waals surface area (Å²) < 4.78 is 27.1. The number of rotatable bonds is 8. The second-order valence-electron chi connectivity index (χ2n) is 8.87. The van der Waals surface area contributed by atoms with E-state index in [0.29, 0.717) is 11.1 Å². The van der Waals surface area contributed by atoms with E-state index in [2.05, 4.69) is 0 Å². The van der Waals surface area contributed by atoms with Crippen LogP contribution in [0.4, 0.5) is 0 Å². The average Bonchev–Trinajstić information content (AvgIpc) is 3.23. The monoisotopic (exact) mass is 522 g/mol. The molecule has 1 saturated heterocycles. The molecule has 1 aromatic rings. The molecule has 12 heteroatoms. The molecule has 1 aliphatic carbocycles. The minimum Gasteiger partial charge on any atom is -0.504 e. The predicted octanol–water partition coefficient (Wildman–Crippen LogP) is -0.823. The van der Waals surface area contributed by atoms with Crippen LogP contribution in [-0.2, 0) is 23.7 Å². The van der Waals surface area contributed by atoms with Gasteiger partial charge in [-0.1, -0.05) is 12.1 Å². The zero-order chi connectivity index (χ0) is 26.7. The smallest absolute Gasteiger partial charge is 0.331 e. The van der Waals surface area contributed by atoms with E-state index < -0.39 is 67.5 Å². The van der Waals surface area contributed by atoms with E-state index >= 15 is 0 Å². The van der Waals surface area contributed by atoms with Gasteiger partial charge in [0.15, 0.2) is 17.8 Å². The van der Waals surface area contributed by atoms with Crippen LogP contribution in [-0.4, -0.2) is 100 Å². The fourth-order valence-corrected chi connectivity index (χ4v) is 4.53. The molecule has 12 nitrogen and oxygen atoms in total. The molecule has 3 aliphatic rings. The second-order valence-corrected chi connectivity index (χ2v) is 8.87. The molecule has 0 radical (unpaired) electrons. The Bertz CT molecular complexity index is 1050. The lowest BCUT2D eigenvalue weighted by Crippen LogP contribution is -2.60. The highest BCUT2D eigenvalue weighted by Gasteiger charge is 2.49. The van der Waals surface area contributed by atoms with Crippen molar-refractivity contribution in [2.75, 3.05) is 20.3 Å². The fourth-order valence-electron chi connectivity index (χ4n) is 4.53. The first-order chi connectivity index (χ1) is 17.7. The highest BCUT2D eigenvalue weighted by Crippen LogP contribution is 2.41. The number of phenolic OH excluding ortho intramolecular Hbond substituents is 1. The van der Waals surface area contributed by atoms with Crippen molar-refractivity contribution in [1.29, 1.82) is 0 Å². The molecule has 202 valence electrons. The molecular formula is C25H30O12. The third-order valence-corrected chi connectivity index (χ3v) is 6.54. The highest BCUT2D eigenvalue weighted by molar-refractivity contribution is 5.87. The van der Waals surface area contributed by atoms with Crippen molar-refractivity contribution < 1.29 is 59.1 Å². The molecule has 1 fully saturated rings. The molecule has 0 spiro atoms. The van der Waals surface area contributed by atoms with Gasteiger partial charge in [0.05, 0.1) is 32.0 Å². The summed E-state index contributed by atoms with van der Waals surface area (Å²) in [6.07, 6.45) is -2.25. The maximum absolute atomic E-state index is 12.3. The summed E-state index contributed by atoms with van der Waals surface area (Å²) in [4.78, 5) is 12.3. The quantitative estimate of drug-likeness (QED) is 0.142. The molecular weight excluding hydrogens is 492 g/mol. The maximum atomic E-state index is 12.3. The number of methoxy groups -OCH3 is 1. The van der Waals surface area contributed by atoms with Gasteiger partial charge < -0.3 is 54.3 Å². The number of esters is 1. The number of hydrogen-bond acceptors (Lipinski definition) is 12. The summed E-state index contributed by atoms with van der Waals surface area (Å²) in [5.41, 5.74) is 1.10. The first-order valence-electron chi connectivity index (χ1n) is 11.6. The van der Waals surface area contributed by atoms with Gasteiger partial charge in [0.1, 0.15) is 31.0 Å². The Labute approximate surface area is 212 Å². The van der Waals surface area contributed by atoms with E-state index in [0.717, 1.165) is 0 Å². The molecule has 6 N–H and O–H groups in total. The van der Waals surface area contributed by atoms with Crippen LogP contribution < -0.4 is 4.74 Å². The molecule has 0 unspecified atom stereocenters. The molecule has 0 saturated carbocycles. The van der Waals surface area contributed by atoms with Crippen LogP contribution >= 0.6 is 0 Å². The Morgan fingerprint density at radius 3 is 2.62 bits per heavy atom. The largest absolute Gasteiger partial charge is 0.504 e. The van der Waals surface area contributed by atoms with Gasteiger partial charge in [0, 0.05) is 12.0 Å². The normalized spacial score (nSPS) is 35.1. The highest BCUT2D eigenvalue weighted by atomic mass is 16.8. The Balaban J connectivity index is 1.40. The summed E-state index contributed by atoms with van der Waals surface area (Å²) in [5, 5.41) is 59.9. The number of carbonyl (C=O) groups is 1. The van der Waals surface area contributed by atoms with E-state index in [-0.39, 0.29) is 18.1 Å². The van der Waals surface area contributed by atoms with E-state index in [1.54, 1.807) is 18.2 Å². The molecule has 37 heavy (non-hydrogen) atoms. The van der Waals surface area contributed by atoms with Crippen LogP contribution in [0.1, 0.15) is 5.56 Å². The molecule has 1 aromatic carbocycles. The third kappa shape index (κ3) is 5.80. The first-order valence-corrected chi connectivity index (χ1v) is 11.6. The van der Waals surface area contributed by atoms with Crippen LogP contribution in [0, 0.1) is 11.8 Å². The Morgan fingerprint density at radius 2 is 1.89 bits per heavy atom. The van der Waals surface area contributed by atoms with Gasteiger partial charge in [-0.2, -0.15) is 0 Å². The number of hydrogen-bond donors (Lipinski definition) is 6. The van der Waals surface area contributed by atoms with E-state index in [1.807, 2.05) is 0 Å². The van der Waals surface area contributed by atoms with Gasteiger partial charge in [-0.3, -0.25) is 0 Å². The van der Waals surface area contributed by atoms with Crippen molar-refractivity contribution in [2.24, 2.45) is 11.8 Å². The number of fused-ring (bicyclic) bond motifs is 1. The van der Waals surface area contributed by atoms with Crippen molar-refractivity contribution in [3.8, 4) is 11.5 Å². The second kappa shape index (κ2) is 11.6. The van der Waals surface area contributed by atoms with E-state index in [1.165, 1.54) is 37.7 Å². The van der Waals surface area contributed by atoms with Crippen LogP contribution in [0.2, 0.25) is 0 Å². The molecule has 9 atom stereocenters. The minimum atomic E-state index is -1.63. The molecule has 2 aliphatic heterocycles. The maximum Gasteiger partial charge on any atom is 0.331 e. The average molecular weight is 523 g/mol. The zero-order valence-electron chi connectivity index (χ0n) is 19.9. The summed E-state index contributed by atoms with van der Waals surface area (Å²) in [7, 11) is 1.41. The van der Waals surface area contributed by atoms with E-state index in [4.69, 9.17) is 23.7 Å². The summed E-state index contributed by atoms with van der Waals surface area (Å²) in [6.45, 7) is -0.807. The molecule has 2 heterocycles. The topological polar surface area (TPSA) is 185 Å². The number of benzene rings is 1. The SMILES string of the molecule is COc1cc(C=CC(=O)OCC2=C[C@@H](O)[C@@H]3C=CO[C@@H](O[C@@H]4O[C@H](CO)[C@@H](O)[C@H](O)[C@H]4O)[C@H]23)ccc1O. The van der Waals surface area contributed by atoms with E-state index in [9.17, 15) is 35.4 Å². The summed E-state index contributed by atoms with van der Waals surface area (Å²) in [5.74, 6) is -1.54. The number of carbonyl (C=O) groups excluding carboxylic acids is 1. The number of ether oxygens (including phenoxy) is 5. The van der Waals surface area contributed by atoms with Crippen molar-refractivity contribution in [1.82, 2.24) is 0 Å². The Morgan fingerprint density at radius 1 is 1.11 bits per heavy atom. The number of aliphatic hydroxyl groups excluding tert-OH is 5. The fraction of sp³-hybridized carbons (Fsp3) is 0.480. The number of aromatic hydroxyl groups is 1. The van der Waals surface area contributed by atoms with Crippen LogP contribution in [0.25, 0.3) is 6.08 Å². The first kappa shape index (κ1) is 27.1. The molecule has 0 aromatic heterocycles. The minimum absolute atomic E-state index is 0.0345. The third-order valence-electron chi connectivity index (χ3n) is 6.54. The molecule has 0 bridgehead atoms. The van der Waals surface area contributed by atoms with Crippen molar-refractivity contribution in [2.45, 2.75) is 43.1 Å². The molecule has 4 rings (SSSR count).